The summed E-state index contributed by atoms with van der Waals surface area (Å²) in [4.78, 5) is 0. The highest BCUT2D eigenvalue weighted by atomic mass is 19.1. The van der Waals surface area contributed by atoms with Crippen LogP contribution in [0.3, 0.4) is 0 Å². The van der Waals surface area contributed by atoms with Gasteiger partial charge < -0.3 is 15.8 Å². The maximum absolute atomic E-state index is 13.6. The van der Waals surface area contributed by atoms with Crippen LogP contribution < -0.4 is 15.8 Å². The Morgan fingerprint density at radius 2 is 2.18 bits per heavy atom. The smallest absolute Gasteiger partial charge is 0.165 e. The van der Waals surface area contributed by atoms with Crippen molar-refractivity contribution in [3.05, 3.63) is 29.6 Å². The summed E-state index contributed by atoms with van der Waals surface area (Å²) < 4.78 is 18.5. The molecule has 2 unspecified atom stereocenters. The van der Waals surface area contributed by atoms with E-state index in [4.69, 9.17) is 10.5 Å². The summed E-state index contributed by atoms with van der Waals surface area (Å²) in [5, 5.41) is 3.20. The molecule has 0 aromatic heterocycles. The van der Waals surface area contributed by atoms with Crippen molar-refractivity contribution in [2.45, 2.75) is 19.4 Å². The largest absolute Gasteiger partial charge is 0.494 e. The second kappa shape index (κ2) is 6.57. The van der Waals surface area contributed by atoms with Crippen LogP contribution in [-0.4, -0.2) is 20.7 Å². The third kappa shape index (κ3) is 3.17. The van der Waals surface area contributed by atoms with Crippen molar-refractivity contribution in [3.63, 3.8) is 0 Å². The molecule has 0 heterocycles. The van der Waals surface area contributed by atoms with Crippen LogP contribution in [0.4, 0.5) is 4.39 Å². The third-order valence-corrected chi connectivity index (χ3v) is 3.14. The minimum Gasteiger partial charge on any atom is -0.494 e. The Kier molecular flexibility index (Phi) is 5.38. The Balaban J connectivity index is 3.00. The molecule has 0 aliphatic rings. The van der Waals surface area contributed by atoms with Crippen LogP contribution in [0.25, 0.3) is 0 Å². The van der Waals surface area contributed by atoms with Crippen molar-refractivity contribution in [2.24, 2.45) is 11.7 Å². The zero-order chi connectivity index (χ0) is 12.8. The summed E-state index contributed by atoms with van der Waals surface area (Å²) >= 11 is 0. The summed E-state index contributed by atoms with van der Waals surface area (Å²) in [6.45, 7) is 2.66. The van der Waals surface area contributed by atoms with Gasteiger partial charge in [0, 0.05) is 6.04 Å². The lowest BCUT2D eigenvalue weighted by molar-refractivity contribution is 0.369. The van der Waals surface area contributed by atoms with E-state index in [2.05, 4.69) is 12.2 Å². The number of hydrogen-bond acceptors (Lipinski definition) is 3. The monoisotopic (exact) mass is 240 g/mol. The van der Waals surface area contributed by atoms with E-state index in [-0.39, 0.29) is 17.6 Å². The van der Waals surface area contributed by atoms with E-state index in [1.807, 2.05) is 13.1 Å². The van der Waals surface area contributed by atoms with Crippen molar-refractivity contribution in [3.8, 4) is 5.75 Å². The summed E-state index contributed by atoms with van der Waals surface area (Å²) in [6.07, 6.45) is 0.954. The highest BCUT2D eigenvalue weighted by Crippen LogP contribution is 2.27. The van der Waals surface area contributed by atoms with Crippen molar-refractivity contribution >= 4 is 0 Å². The number of rotatable bonds is 6. The van der Waals surface area contributed by atoms with Gasteiger partial charge in [0.1, 0.15) is 0 Å². The Bertz CT molecular complexity index is 353. The van der Waals surface area contributed by atoms with Crippen molar-refractivity contribution in [1.82, 2.24) is 5.32 Å². The fourth-order valence-corrected chi connectivity index (χ4v) is 2.09. The predicted molar refractivity (Wildman–Crippen MR) is 67.6 cm³/mol. The molecule has 96 valence electrons. The van der Waals surface area contributed by atoms with Gasteiger partial charge in [-0.1, -0.05) is 19.4 Å². The number of benzene rings is 1. The summed E-state index contributed by atoms with van der Waals surface area (Å²) in [6, 6.07) is 5.11. The molecule has 0 aliphatic carbocycles. The van der Waals surface area contributed by atoms with E-state index < -0.39 is 0 Å². The first-order chi connectivity index (χ1) is 8.17. The van der Waals surface area contributed by atoms with Gasteiger partial charge in [-0.3, -0.25) is 0 Å². The molecular formula is C13H21FN2O. The molecule has 2 atom stereocenters. The Labute approximate surface area is 102 Å². The lowest BCUT2D eigenvalue weighted by Crippen LogP contribution is -2.30. The Morgan fingerprint density at radius 1 is 1.47 bits per heavy atom. The van der Waals surface area contributed by atoms with E-state index >= 15 is 0 Å². The molecule has 0 saturated carbocycles. The maximum Gasteiger partial charge on any atom is 0.165 e. The molecule has 0 radical (unpaired) electrons. The highest BCUT2D eigenvalue weighted by molar-refractivity contribution is 5.31. The summed E-state index contributed by atoms with van der Waals surface area (Å²) in [5.74, 6) is 0.231. The summed E-state index contributed by atoms with van der Waals surface area (Å²) in [7, 11) is 3.33. The normalized spacial score (nSPS) is 14.4. The molecule has 4 heteroatoms. The van der Waals surface area contributed by atoms with Gasteiger partial charge in [0.2, 0.25) is 0 Å². The molecule has 0 amide bonds. The van der Waals surface area contributed by atoms with Gasteiger partial charge in [0.25, 0.3) is 0 Å². The number of nitrogens with one attached hydrogen (secondary N) is 1. The quantitative estimate of drug-likeness (QED) is 0.800. The minimum absolute atomic E-state index is 0.0745. The molecular weight excluding hydrogens is 219 g/mol. The lowest BCUT2D eigenvalue weighted by Gasteiger charge is -2.25. The first-order valence-electron chi connectivity index (χ1n) is 5.88. The molecule has 1 aromatic rings. The number of halogens is 1. The SMILES string of the molecule is CCC(CN)C(NC)c1ccc(OC)c(F)c1. The van der Waals surface area contributed by atoms with E-state index in [9.17, 15) is 4.39 Å². The van der Waals surface area contributed by atoms with Crippen molar-refractivity contribution < 1.29 is 9.13 Å². The van der Waals surface area contributed by atoms with E-state index in [1.165, 1.54) is 13.2 Å². The molecule has 0 spiro atoms. The molecule has 3 N–H and O–H groups in total. The molecule has 0 aliphatic heterocycles. The zero-order valence-corrected chi connectivity index (χ0v) is 10.7. The molecule has 1 rings (SSSR count). The van der Waals surface area contributed by atoms with Crippen LogP contribution in [0.15, 0.2) is 18.2 Å². The van der Waals surface area contributed by atoms with E-state index in [1.54, 1.807) is 6.07 Å². The standard InChI is InChI=1S/C13H21FN2O/c1-4-9(8-15)13(16-2)10-5-6-12(17-3)11(14)7-10/h5-7,9,13,16H,4,8,15H2,1-3H3. The van der Waals surface area contributed by atoms with Gasteiger partial charge in [-0.25, -0.2) is 4.39 Å². The zero-order valence-electron chi connectivity index (χ0n) is 10.7. The topological polar surface area (TPSA) is 47.3 Å². The second-order valence-electron chi connectivity index (χ2n) is 4.06. The number of nitrogens with two attached hydrogens (primary N) is 1. The number of methoxy groups -OCH3 is 1. The number of ether oxygens (including phenoxy) is 1. The van der Waals surface area contributed by atoms with Gasteiger partial charge in [-0.15, -0.1) is 0 Å². The van der Waals surface area contributed by atoms with Crippen LogP contribution in [0.5, 0.6) is 5.75 Å². The molecule has 0 saturated heterocycles. The maximum atomic E-state index is 13.6. The first kappa shape index (κ1) is 13.9. The molecule has 1 aromatic carbocycles. The predicted octanol–water partition coefficient (Wildman–Crippen LogP) is 2.08. The highest BCUT2D eigenvalue weighted by Gasteiger charge is 2.20. The molecule has 0 fully saturated rings. The number of hydrogen-bond donors (Lipinski definition) is 2. The molecule has 0 bridgehead atoms. The van der Waals surface area contributed by atoms with Crippen molar-refractivity contribution in [2.75, 3.05) is 20.7 Å². The van der Waals surface area contributed by atoms with Gasteiger partial charge in [-0.05, 0) is 37.2 Å². The minimum atomic E-state index is -0.336. The van der Waals surface area contributed by atoms with Gasteiger partial charge in [0.05, 0.1) is 7.11 Å². The van der Waals surface area contributed by atoms with Crippen LogP contribution >= 0.6 is 0 Å². The molecule has 17 heavy (non-hydrogen) atoms. The average molecular weight is 240 g/mol. The van der Waals surface area contributed by atoms with Crippen molar-refractivity contribution in [1.29, 1.82) is 0 Å². The van der Waals surface area contributed by atoms with Crippen LogP contribution in [0.2, 0.25) is 0 Å². The average Bonchev–Trinajstić information content (AvgIpc) is 2.35. The fraction of sp³-hybridized carbons (Fsp3) is 0.538. The van der Waals surface area contributed by atoms with Crippen LogP contribution in [0, 0.1) is 11.7 Å². The van der Waals surface area contributed by atoms with Gasteiger partial charge in [0.15, 0.2) is 11.6 Å². The van der Waals surface area contributed by atoms with Crippen LogP contribution in [0.1, 0.15) is 24.9 Å². The Morgan fingerprint density at radius 3 is 2.59 bits per heavy atom. The van der Waals surface area contributed by atoms with E-state index in [0.717, 1.165) is 12.0 Å². The fourth-order valence-electron chi connectivity index (χ4n) is 2.09. The molecule has 3 nitrogen and oxygen atoms in total. The lowest BCUT2D eigenvalue weighted by atomic mass is 9.91. The third-order valence-electron chi connectivity index (χ3n) is 3.14. The van der Waals surface area contributed by atoms with Gasteiger partial charge in [-0.2, -0.15) is 0 Å². The summed E-state index contributed by atoms with van der Waals surface area (Å²) in [5.41, 5.74) is 6.64. The Hall–Kier alpha value is -1.13. The first-order valence-corrected chi connectivity index (χ1v) is 5.88. The van der Waals surface area contributed by atoms with E-state index in [0.29, 0.717) is 12.5 Å². The van der Waals surface area contributed by atoms with Crippen LogP contribution in [-0.2, 0) is 0 Å². The second-order valence-corrected chi connectivity index (χ2v) is 4.06. The van der Waals surface area contributed by atoms with Gasteiger partial charge >= 0.3 is 0 Å².